The normalized spacial score (nSPS) is 47.6. The largest absolute Gasteiger partial charge is 0.449 e. The molecule has 4 rings (SSSR count). The van der Waals surface area contributed by atoms with Gasteiger partial charge in [-0.3, -0.25) is 14.4 Å². The van der Waals surface area contributed by atoms with Gasteiger partial charge in [0.25, 0.3) is 0 Å². The molecule has 4 aliphatic carbocycles. The molecule has 2 unspecified atom stereocenters. The first kappa shape index (κ1) is 23.6. The summed E-state index contributed by atoms with van der Waals surface area (Å²) in [5.41, 5.74) is -6.39. The van der Waals surface area contributed by atoms with E-state index in [2.05, 4.69) is 12.6 Å². The van der Waals surface area contributed by atoms with E-state index in [1.54, 1.807) is 20.8 Å². The van der Waals surface area contributed by atoms with Gasteiger partial charge in [-0.05, 0) is 37.3 Å². The van der Waals surface area contributed by atoms with E-state index in [1.165, 1.54) is 19.1 Å². The zero-order valence-corrected chi connectivity index (χ0v) is 19.7. The number of alkyl halides is 1. The number of carbonyl (C=O) groups excluding carboxylic acids is 3. The van der Waals surface area contributed by atoms with E-state index in [9.17, 15) is 19.5 Å². The summed E-state index contributed by atoms with van der Waals surface area (Å²) in [7, 11) is 0. The minimum atomic E-state index is -2.23. The predicted molar refractivity (Wildman–Crippen MR) is 116 cm³/mol. The Bertz CT molecular complexity index is 962. The molecule has 0 aromatic carbocycles. The molecule has 0 aromatic heterocycles. The molecular formula is C24H30F2O5S. The first-order valence-corrected chi connectivity index (χ1v) is 11.7. The molecule has 2 fully saturated rings. The standard InChI is InChI=1S/C24H30F2O5S/c1-5-19(29)31-24(20(30)32)12(2)8-14-15-10-17(25)16-9-13(27)6-7-21(16,3)23(15,26)18(28)11-22(14,24)4/h6-7,12,14-15,18,28H,5,8-11H2,1-4H3,(H,30,32)/t12-,14?,15?,18-,21-,22-,23-,24-/m0/s1. The van der Waals surface area contributed by atoms with Crippen molar-refractivity contribution in [2.75, 3.05) is 0 Å². The van der Waals surface area contributed by atoms with Gasteiger partial charge in [-0.25, -0.2) is 8.78 Å². The molecule has 0 bridgehead atoms. The molecule has 8 heteroatoms. The number of rotatable bonds is 3. The average Bonchev–Trinajstić information content (AvgIpc) is 2.93. The Morgan fingerprint density at radius 2 is 1.97 bits per heavy atom. The molecule has 0 aromatic rings. The summed E-state index contributed by atoms with van der Waals surface area (Å²) in [5.74, 6) is -3.40. The van der Waals surface area contributed by atoms with Crippen molar-refractivity contribution in [3.63, 3.8) is 0 Å². The van der Waals surface area contributed by atoms with Gasteiger partial charge in [-0.1, -0.05) is 26.8 Å². The lowest BCUT2D eigenvalue weighted by molar-refractivity contribution is -0.223. The van der Waals surface area contributed by atoms with Crippen molar-refractivity contribution < 1.29 is 33.0 Å². The van der Waals surface area contributed by atoms with E-state index in [0.717, 1.165) is 0 Å². The van der Waals surface area contributed by atoms with Gasteiger partial charge < -0.3 is 9.84 Å². The number of aliphatic hydroxyl groups is 1. The number of ketones is 1. The zero-order valence-electron chi connectivity index (χ0n) is 18.8. The third-order valence-corrected chi connectivity index (χ3v) is 9.41. The Morgan fingerprint density at radius 3 is 2.56 bits per heavy atom. The van der Waals surface area contributed by atoms with Crippen LogP contribution in [0.4, 0.5) is 8.78 Å². The van der Waals surface area contributed by atoms with Crippen LogP contribution in [0.25, 0.3) is 0 Å². The molecule has 0 spiro atoms. The number of ether oxygens (including phenoxy) is 1. The van der Waals surface area contributed by atoms with Gasteiger partial charge in [0.05, 0.1) is 6.10 Å². The van der Waals surface area contributed by atoms with Crippen molar-refractivity contribution >= 4 is 29.5 Å². The lowest BCUT2D eigenvalue weighted by atomic mass is 9.45. The molecule has 5 nitrogen and oxygen atoms in total. The van der Waals surface area contributed by atoms with E-state index in [-0.39, 0.29) is 37.0 Å². The predicted octanol–water partition coefficient (Wildman–Crippen LogP) is 4.05. The summed E-state index contributed by atoms with van der Waals surface area (Å²) < 4.78 is 38.3. The van der Waals surface area contributed by atoms with Crippen LogP contribution >= 0.6 is 12.6 Å². The van der Waals surface area contributed by atoms with Gasteiger partial charge >= 0.3 is 5.97 Å². The molecule has 2 saturated carbocycles. The summed E-state index contributed by atoms with van der Waals surface area (Å²) in [5, 5.41) is 10.7. The molecule has 0 heterocycles. The highest BCUT2D eigenvalue weighted by atomic mass is 32.1. The Kier molecular flexibility index (Phi) is 5.33. The van der Waals surface area contributed by atoms with Crippen LogP contribution in [0.5, 0.6) is 0 Å². The second kappa shape index (κ2) is 7.23. The fourth-order valence-corrected chi connectivity index (χ4v) is 7.99. The number of carbonyl (C=O) groups is 3. The van der Waals surface area contributed by atoms with Crippen molar-refractivity contribution in [2.45, 2.75) is 77.2 Å². The van der Waals surface area contributed by atoms with Crippen molar-refractivity contribution in [3.05, 3.63) is 23.6 Å². The van der Waals surface area contributed by atoms with E-state index < -0.39 is 62.9 Å². The van der Waals surface area contributed by atoms with Crippen molar-refractivity contribution in [2.24, 2.45) is 28.6 Å². The zero-order chi connectivity index (χ0) is 23.9. The van der Waals surface area contributed by atoms with Crippen LogP contribution in [0.15, 0.2) is 23.6 Å². The van der Waals surface area contributed by atoms with Crippen LogP contribution in [0, 0.1) is 28.6 Å². The Balaban J connectivity index is 1.89. The van der Waals surface area contributed by atoms with E-state index in [1.807, 2.05) is 0 Å². The maximum Gasteiger partial charge on any atom is 0.306 e. The molecule has 8 atom stereocenters. The number of aliphatic hydroxyl groups excluding tert-OH is 1. The summed E-state index contributed by atoms with van der Waals surface area (Å²) >= 11 is 4.09. The maximum absolute atomic E-state index is 17.1. The molecule has 0 amide bonds. The summed E-state index contributed by atoms with van der Waals surface area (Å²) in [6.45, 7) is 6.63. The van der Waals surface area contributed by atoms with Crippen molar-refractivity contribution in [1.29, 1.82) is 0 Å². The summed E-state index contributed by atoms with van der Waals surface area (Å²) in [4.78, 5) is 37.2. The molecule has 1 N–H and O–H groups in total. The van der Waals surface area contributed by atoms with Crippen LogP contribution in [-0.2, 0) is 19.1 Å². The second-order valence-corrected chi connectivity index (χ2v) is 10.8. The Hall–Kier alpha value is -1.54. The molecule has 0 radical (unpaired) electrons. The van der Waals surface area contributed by atoms with Gasteiger partial charge in [0, 0.05) is 41.9 Å². The highest BCUT2D eigenvalue weighted by Crippen LogP contribution is 2.71. The number of fused-ring (bicyclic) bond motifs is 5. The summed E-state index contributed by atoms with van der Waals surface area (Å²) in [6.07, 6.45) is 0.834. The minimum Gasteiger partial charge on any atom is -0.449 e. The molecule has 176 valence electrons. The van der Waals surface area contributed by atoms with E-state index >= 15 is 8.78 Å². The fourth-order valence-electron chi connectivity index (χ4n) is 7.47. The summed E-state index contributed by atoms with van der Waals surface area (Å²) in [6, 6.07) is 0. The first-order valence-electron chi connectivity index (χ1n) is 11.2. The van der Waals surface area contributed by atoms with Gasteiger partial charge in [0.15, 0.2) is 17.1 Å². The molecule has 0 saturated heterocycles. The Labute approximate surface area is 192 Å². The number of halogens is 2. The van der Waals surface area contributed by atoms with Crippen molar-refractivity contribution in [3.8, 4) is 0 Å². The van der Waals surface area contributed by atoms with Gasteiger partial charge in [0.1, 0.15) is 5.83 Å². The highest BCUT2D eigenvalue weighted by Gasteiger charge is 2.77. The monoisotopic (exact) mass is 468 g/mol. The van der Waals surface area contributed by atoms with Crippen molar-refractivity contribution in [1.82, 2.24) is 0 Å². The number of thiol groups is 1. The lowest BCUT2D eigenvalue weighted by Gasteiger charge is -2.62. The van der Waals surface area contributed by atoms with Gasteiger partial charge in [-0.15, -0.1) is 12.6 Å². The van der Waals surface area contributed by atoms with Crippen LogP contribution in [0.2, 0.25) is 0 Å². The van der Waals surface area contributed by atoms with Crippen LogP contribution in [-0.4, -0.2) is 39.3 Å². The lowest BCUT2D eigenvalue weighted by Crippen LogP contribution is -2.69. The van der Waals surface area contributed by atoms with Crippen LogP contribution in [0.3, 0.4) is 0 Å². The Morgan fingerprint density at radius 1 is 1.31 bits per heavy atom. The third-order valence-electron chi connectivity index (χ3n) is 9.08. The smallest absolute Gasteiger partial charge is 0.306 e. The number of hydrogen-bond acceptors (Lipinski definition) is 5. The first-order chi connectivity index (χ1) is 14.8. The maximum atomic E-state index is 17.1. The molecule has 0 aliphatic heterocycles. The van der Waals surface area contributed by atoms with Crippen LogP contribution in [0.1, 0.15) is 59.8 Å². The average molecular weight is 469 g/mol. The number of allylic oxidation sites excluding steroid dienone is 4. The van der Waals surface area contributed by atoms with E-state index in [4.69, 9.17) is 4.74 Å². The number of hydrogen-bond donors (Lipinski definition) is 2. The molecular weight excluding hydrogens is 438 g/mol. The molecule has 32 heavy (non-hydrogen) atoms. The van der Waals surface area contributed by atoms with E-state index in [0.29, 0.717) is 6.42 Å². The second-order valence-electron chi connectivity index (χ2n) is 10.4. The SMILES string of the molecule is CCC(=O)O[C@]1(C(=O)S)[C@@H](C)CC2C3CC(F)=C4CC(=O)C=C[C@]4(C)[C@@]3(F)[C@@H](O)C[C@@]21C. The van der Waals surface area contributed by atoms with Gasteiger partial charge in [-0.2, -0.15) is 0 Å². The number of esters is 1. The highest BCUT2D eigenvalue weighted by molar-refractivity contribution is 7.96. The van der Waals surface area contributed by atoms with Gasteiger partial charge in [0.2, 0.25) is 5.12 Å². The third kappa shape index (κ3) is 2.62. The van der Waals surface area contributed by atoms with Crippen LogP contribution < -0.4 is 0 Å². The fraction of sp³-hybridized carbons (Fsp3) is 0.708. The topological polar surface area (TPSA) is 80.7 Å². The quantitative estimate of drug-likeness (QED) is 0.483. The minimum absolute atomic E-state index is 0.0485. The molecule has 4 aliphatic rings.